The van der Waals surface area contributed by atoms with Crippen LogP contribution < -0.4 is 20.3 Å². The number of nitrogens with one attached hydrogen (secondary N) is 1. The lowest BCUT2D eigenvalue weighted by Crippen LogP contribution is -2.40. The number of unbranched alkanes of at least 4 members (excludes halogenated alkanes) is 1. The van der Waals surface area contributed by atoms with Gasteiger partial charge in [0.2, 0.25) is 12.7 Å². The van der Waals surface area contributed by atoms with Crippen LogP contribution in [0.25, 0.3) is 0 Å². The molecule has 8 nitrogen and oxygen atoms in total. The normalized spacial score (nSPS) is 13.7. The van der Waals surface area contributed by atoms with Crippen LogP contribution in [0.3, 0.4) is 0 Å². The number of amides is 1. The van der Waals surface area contributed by atoms with Gasteiger partial charge in [0, 0.05) is 18.2 Å². The Kier molecular flexibility index (Phi) is 8.51. The molecular formula is C30H34N2O6. The Bertz CT molecular complexity index is 1360. The maximum atomic E-state index is 13.7. The van der Waals surface area contributed by atoms with E-state index in [0.29, 0.717) is 35.5 Å². The number of carbonyl (C=O) groups excluding carboxylic acids is 1. The third-order valence-corrected chi connectivity index (χ3v) is 6.73. The summed E-state index contributed by atoms with van der Waals surface area (Å²) in [6, 6.07) is 13.4. The Morgan fingerprint density at radius 3 is 2.47 bits per heavy atom. The number of aryl methyl sites for hydroxylation is 2. The third-order valence-electron chi connectivity index (χ3n) is 6.73. The molecule has 200 valence electrons. The van der Waals surface area contributed by atoms with Gasteiger partial charge in [-0.2, -0.15) is 0 Å². The number of nitrogens with zero attached hydrogens (tertiary/aromatic N) is 1. The Hall–Kier alpha value is -4.07. The molecule has 0 saturated heterocycles. The van der Waals surface area contributed by atoms with Crippen molar-refractivity contribution in [3.05, 3.63) is 92.9 Å². The molecule has 1 aliphatic heterocycles. The van der Waals surface area contributed by atoms with Gasteiger partial charge in [-0.25, -0.2) is 0 Å². The number of ether oxygens (including phenoxy) is 2. The summed E-state index contributed by atoms with van der Waals surface area (Å²) in [6.45, 7) is 6.04. The summed E-state index contributed by atoms with van der Waals surface area (Å²) in [7, 11) is 0. The van der Waals surface area contributed by atoms with E-state index in [1.54, 1.807) is 24.4 Å². The standard InChI is InChI=1S/C30H34N2O6/c1-4-5-6-25(32-17-20(3)13-23(30(32)36)14-21-9-7-19(2)8-10-21)29(35)31-24(16-28(33)34)22-11-12-26-27(15-22)38-18-37-26/h7-13,15,17,24-25H,4-6,14,16,18H2,1-3H3,(H,31,35)(H,33,34)/t24-,25?/m0/s1. The molecule has 1 aromatic heterocycles. The second-order valence-corrected chi connectivity index (χ2v) is 9.85. The van der Waals surface area contributed by atoms with Gasteiger partial charge < -0.3 is 24.5 Å². The largest absolute Gasteiger partial charge is 0.481 e. The molecule has 4 rings (SSSR count). The molecule has 0 aliphatic carbocycles. The van der Waals surface area contributed by atoms with Crippen LogP contribution in [-0.2, 0) is 16.0 Å². The van der Waals surface area contributed by atoms with E-state index in [0.717, 1.165) is 29.5 Å². The number of aromatic nitrogens is 1. The first kappa shape index (κ1) is 27.0. The van der Waals surface area contributed by atoms with Crippen molar-refractivity contribution in [1.82, 2.24) is 9.88 Å². The number of hydrogen-bond donors (Lipinski definition) is 2. The zero-order valence-corrected chi connectivity index (χ0v) is 22.0. The lowest BCUT2D eigenvalue weighted by Gasteiger charge is -2.25. The van der Waals surface area contributed by atoms with Crippen LogP contribution >= 0.6 is 0 Å². The van der Waals surface area contributed by atoms with Gasteiger partial charge in [0.15, 0.2) is 11.5 Å². The van der Waals surface area contributed by atoms with Crippen LogP contribution in [0.15, 0.2) is 59.5 Å². The molecule has 2 aromatic carbocycles. The van der Waals surface area contributed by atoms with Crippen LogP contribution in [0.4, 0.5) is 0 Å². The van der Waals surface area contributed by atoms with E-state index in [1.165, 1.54) is 4.57 Å². The summed E-state index contributed by atoms with van der Waals surface area (Å²) in [5.41, 5.74) is 4.02. The first-order chi connectivity index (χ1) is 18.2. The maximum Gasteiger partial charge on any atom is 0.305 e. The van der Waals surface area contributed by atoms with Gasteiger partial charge in [-0.3, -0.25) is 14.4 Å². The number of carboxylic acid groups (broad SMARTS) is 1. The smallest absolute Gasteiger partial charge is 0.305 e. The molecule has 0 saturated carbocycles. The number of hydrogen-bond acceptors (Lipinski definition) is 5. The number of pyridine rings is 1. The summed E-state index contributed by atoms with van der Waals surface area (Å²) >= 11 is 0. The molecule has 8 heteroatoms. The first-order valence-corrected chi connectivity index (χ1v) is 12.9. The molecule has 0 spiro atoms. The summed E-state index contributed by atoms with van der Waals surface area (Å²) in [5.74, 6) is -0.366. The molecule has 38 heavy (non-hydrogen) atoms. The molecule has 3 aromatic rings. The fourth-order valence-corrected chi connectivity index (χ4v) is 4.72. The topological polar surface area (TPSA) is 107 Å². The van der Waals surface area contributed by atoms with Gasteiger partial charge in [0.25, 0.3) is 5.56 Å². The summed E-state index contributed by atoms with van der Waals surface area (Å²) in [5, 5.41) is 12.5. The minimum atomic E-state index is -1.05. The van der Waals surface area contributed by atoms with Gasteiger partial charge in [-0.05, 0) is 55.2 Å². The van der Waals surface area contributed by atoms with Crippen molar-refractivity contribution in [3.63, 3.8) is 0 Å². The van der Waals surface area contributed by atoms with E-state index < -0.39 is 24.0 Å². The van der Waals surface area contributed by atoms with E-state index in [9.17, 15) is 19.5 Å². The molecule has 1 unspecified atom stereocenters. The summed E-state index contributed by atoms with van der Waals surface area (Å²) in [6.07, 6.45) is 3.90. The highest BCUT2D eigenvalue weighted by Crippen LogP contribution is 2.35. The highest BCUT2D eigenvalue weighted by atomic mass is 16.7. The molecule has 2 atom stereocenters. The summed E-state index contributed by atoms with van der Waals surface area (Å²) < 4.78 is 12.3. The van der Waals surface area contributed by atoms with Gasteiger partial charge in [-0.1, -0.05) is 55.7 Å². The van der Waals surface area contributed by atoms with Gasteiger partial charge in [0.05, 0.1) is 12.5 Å². The number of carbonyl (C=O) groups is 2. The van der Waals surface area contributed by atoms with Crippen LogP contribution in [0.1, 0.15) is 72.5 Å². The van der Waals surface area contributed by atoms with Crippen molar-refractivity contribution < 1.29 is 24.2 Å². The second kappa shape index (κ2) is 12.0. The predicted octanol–water partition coefficient (Wildman–Crippen LogP) is 4.85. The number of rotatable bonds is 11. The Morgan fingerprint density at radius 2 is 1.76 bits per heavy atom. The average Bonchev–Trinajstić information content (AvgIpc) is 3.35. The van der Waals surface area contributed by atoms with E-state index in [-0.39, 0.29) is 18.8 Å². The minimum Gasteiger partial charge on any atom is -0.481 e. The molecule has 0 bridgehead atoms. The maximum absolute atomic E-state index is 13.7. The molecule has 2 heterocycles. The minimum absolute atomic E-state index is 0.0923. The van der Waals surface area contributed by atoms with E-state index in [4.69, 9.17) is 9.47 Å². The molecular weight excluding hydrogens is 484 g/mol. The van der Waals surface area contributed by atoms with Crippen molar-refractivity contribution in [1.29, 1.82) is 0 Å². The number of carboxylic acids is 1. The monoisotopic (exact) mass is 518 g/mol. The zero-order valence-electron chi connectivity index (χ0n) is 22.0. The molecule has 1 amide bonds. The van der Waals surface area contributed by atoms with Crippen LogP contribution in [0.5, 0.6) is 11.5 Å². The fraction of sp³-hybridized carbons (Fsp3) is 0.367. The van der Waals surface area contributed by atoms with Crippen molar-refractivity contribution >= 4 is 11.9 Å². The third kappa shape index (κ3) is 6.43. The zero-order chi connectivity index (χ0) is 27.2. The lowest BCUT2D eigenvalue weighted by atomic mass is 10.0. The highest BCUT2D eigenvalue weighted by Gasteiger charge is 2.27. The van der Waals surface area contributed by atoms with E-state index >= 15 is 0 Å². The molecule has 0 radical (unpaired) electrons. The van der Waals surface area contributed by atoms with Gasteiger partial charge >= 0.3 is 5.97 Å². The Balaban J connectivity index is 1.65. The van der Waals surface area contributed by atoms with Crippen LogP contribution in [0, 0.1) is 13.8 Å². The average molecular weight is 519 g/mol. The van der Waals surface area contributed by atoms with Crippen molar-refractivity contribution in [2.45, 2.75) is 65.0 Å². The molecule has 1 aliphatic rings. The number of benzene rings is 2. The molecule has 0 fully saturated rings. The van der Waals surface area contributed by atoms with Gasteiger partial charge in [0.1, 0.15) is 6.04 Å². The van der Waals surface area contributed by atoms with Crippen molar-refractivity contribution in [2.24, 2.45) is 0 Å². The van der Waals surface area contributed by atoms with E-state index in [2.05, 4.69) is 5.32 Å². The van der Waals surface area contributed by atoms with Crippen molar-refractivity contribution in [2.75, 3.05) is 6.79 Å². The van der Waals surface area contributed by atoms with E-state index in [1.807, 2.05) is 51.1 Å². The Morgan fingerprint density at radius 1 is 1.03 bits per heavy atom. The fourth-order valence-electron chi connectivity index (χ4n) is 4.72. The number of fused-ring (bicyclic) bond motifs is 1. The SMILES string of the molecule is CCCCC(C(=O)N[C@@H](CC(=O)O)c1ccc2c(c1)OCO2)n1cc(C)cc(Cc2ccc(C)cc2)c1=O. The van der Waals surface area contributed by atoms with Crippen LogP contribution in [-0.4, -0.2) is 28.3 Å². The first-order valence-electron chi connectivity index (χ1n) is 12.9. The Labute approximate surface area is 222 Å². The summed E-state index contributed by atoms with van der Waals surface area (Å²) in [4.78, 5) is 39.0. The molecule has 2 N–H and O–H groups in total. The highest BCUT2D eigenvalue weighted by molar-refractivity contribution is 5.81. The van der Waals surface area contributed by atoms with Crippen molar-refractivity contribution in [3.8, 4) is 11.5 Å². The number of aliphatic carboxylic acids is 1. The quantitative estimate of drug-likeness (QED) is 0.376. The lowest BCUT2D eigenvalue weighted by molar-refractivity contribution is -0.138. The van der Waals surface area contributed by atoms with Crippen LogP contribution in [0.2, 0.25) is 0 Å². The van der Waals surface area contributed by atoms with Gasteiger partial charge in [-0.15, -0.1) is 0 Å². The second-order valence-electron chi connectivity index (χ2n) is 9.85. The predicted molar refractivity (Wildman–Crippen MR) is 144 cm³/mol.